The molecule has 154 valence electrons. The smallest absolute Gasteiger partial charge is 0.433 e. The number of nitrogens with two attached hydrogens (primary N) is 1. The molecule has 0 aliphatic rings. The van der Waals surface area contributed by atoms with Crippen molar-refractivity contribution in [3.05, 3.63) is 57.8 Å². The monoisotopic (exact) mass is 432 g/mol. The van der Waals surface area contributed by atoms with Gasteiger partial charge in [-0.2, -0.15) is 23.7 Å². The number of methoxy groups -OCH3 is 1. The number of rotatable bonds is 6. The number of carbonyl (C=O) groups is 1. The van der Waals surface area contributed by atoms with E-state index in [1.165, 1.54) is 20.1 Å². The molecule has 2 rings (SSSR count). The van der Waals surface area contributed by atoms with Gasteiger partial charge in [0.2, 0.25) is 0 Å². The summed E-state index contributed by atoms with van der Waals surface area (Å²) in [4.78, 5) is 14.9. The molecule has 0 saturated carbocycles. The van der Waals surface area contributed by atoms with Crippen LogP contribution in [0.5, 0.6) is 5.75 Å². The maximum Gasteiger partial charge on any atom is 0.433 e. The number of thioether (sulfide) groups is 1. The Kier molecular flexibility index (Phi) is 7.09. The molecule has 10 heteroatoms. The summed E-state index contributed by atoms with van der Waals surface area (Å²) in [6, 6.07) is 9.21. The average molecular weight is 432 g/mol. The van der Waals surface area contributed by atoms with Crippen molar-refractivity contribution in [2.45, 2.75) is 23.9 Å². The Labute approximate surface area is 174 Å². The lowest BCUT2D eigenvalue weighted by Crippen LogP contribution is -2.12. The number of hydrogen-bond acceptors (Lipinski definition) is 6. The first-order valence-corrected chi connectivity index (χ1v) is 9.29. The first kappa shape index (κ1) is 22.8. The van der Waals surface area contributed by atoms with E-state index in [4.69, 9.17) is 15.7 Å². The van der Waals surface area contributed by atoms with E-state index in [0.29, 0.717) is 16.9 Å². The Balaban J connectivity index is 2.43. The van der Waals surface area contributed by atoms with Crippen LogP contribution in [0.4, 0.5) is 13.2 Å². The minimum Gasteiger partial charge on any atom is -0.496 e. The first-order chi connectivity index (χ1) is 14.1. The molecule has 2 N–H and O–H groups in total. The highest BCUT2D eigenvalue weighted by molar-refractivity contribution is 7.98. The molecule has 1 aromatic carbocycles. The van der Waals surface area contributed by atoms with Crippen LogP contribution in [0.1, 0.15) is 27.9 Å². The van der Waals surface area contributed by atoms with Gasteiger partial charge in [-0.25, -0.2) is 4.98 Å². The number of halogens is 3. The Bertz CT molecular complexity index is 1100. The van der Waals surface area contributed by atoms with E-state index in [0.717, 1.165) is 17.8 Å². The third kappa shape index (κ3) is 5.31. The van der Waals surface area contributed by atoms with Crippen LogP contribution >= 0.6 is 11.8 Å². The summed E-state index contributed by atoms with van der Waals surface area (Å²) >= 11 is 0.947. The van der Waals surface area contributed by atoms with Gasteiger partial charge in [-0.05, 0) is 42.3 Å². The van der Waals surface area contributed by atoms with Gasteiger partial charge in [-0.3, -0.25) is 4.79 Å². The van der Waals surface area contributed by atoms with E-state index < -0.39 is 17.8 Å². The molecule has 0 saturated heterocycles. The Morgan fingerprint density at radius 1 is 1.33 bits per heavy atom. The van der Waals surface area contributed by atoms with Crippen LogP contribution in [0.2, 0.25) is 0 Å². The third-order valence-corrected chi connectivity index (χ3v) is 4.98. The van der Waals surface area contributed by atoms with Crippen molar-refractivity contribution in [2.24, 2.45) is 5.73 Å². The van der Waals surface area contributed by atoms with E-state index in [2.05, 4.69) is 4.98 Å². The number of amides is 1. The van der Waals surface area contributed by atoms with Crippen LogP contribution in [-0.2, 0) is 16.7 Å². The van der Waals surface area contributed by atoms with Crippen LogP contribution in [0.3, 0.4) is 0 Å². The highest BCUT2D eigenvalue weighted by atomic mass is 32.2. The fraction of sp³-hybridized carbons (Fsp3) is 0.200. The van der Waals surface area contributed by atoms with E-state index in [-0.39, 0.29) is 27.5 Å². The van der Waals surface area contributed by atoms with Gasteiger partial charge in [-0.15, -0.1) is 11.8 Å². The highest BCUT2D eigenvalue weighted by Crippen LogP contribution is 2.35. The predicted octanol–water partition coefficient (Wildman–Crippen LogP) is 3.97. The summed E-state index contributed by atoms with van der Waals surface area (Å²) in [6.45, 7) is 1.42. The number of hydrogen-bond donors (Lipinski definition) is 1. The Hall–Kier alpha value is -3.50. The summed E-state index contributed by atoms with van der Waals surface area (Å²) in [5.74, 6) is -0.308. The second kappa shape index (κ2) is 9.33. The average Bonchev–Trinajstić information content (AvgIpc) is 2.69. The van der Waals surface area contributed by atoms with Gasteiger partial charge in [0.15, 0.2) is 0 Å². The van der Waals surface area contributed by atoms with Gasteiger partial charge < -0.3 is 10.5 Å². The molecule has 0 spiro atoms. The molecule has 2 aromatic rings. The number of aryl methyl sites for hydroxylation is 1. The van der Waals surface area contributed by atoms with Crippen molar-refractivity contribution in [3.8, 4) is 17.9 Å². The first-order valence-electron chi connectivity index (χ1n) is 8.31. The standard InChI is InChI=1S/C20H15F3N4O2S/c1-11-5-17(20(21,22)23)27-19(15(11)9-25)30-10-14-7-12(3-4-16(14)29-2)6-13(8-24)18(26)28/h3-7H,10H2,1-2H3,(H2,26,28). The van der Waals surface area contributed by atoms with Gasteiger partial charge in [0.1, 0.15) is 34.2 Å². The van der Waals surface area contributed by atoms with E-state index in [1.807, 2.05) is 6.07 Å². The molecule has 0 aliphatic carbocycles. The fourth-order valence-corrected chi connectivity index (χ4v) is 3.53. The van der Waals surface area contributed by atoms with Crippen molar-refractivity contribution in [3.63, 3.8) is 0 Å². The Morgan fingerprint density at radius 3 is 2.57 bits per heavy atom. The third-order valence-electron chi connectivity index (χ3n) is 3.95. The van der Waals surface area contributed by atoms with Crippen molar-refractivity contribution in [1.82, 2.24) is 4.98 Å². The number of nitriles is 2. The molecule has 30 heavy (non-hydrogen) atoms. The number of alkyl halides is 3. The predicted molar refractivity (Wildman–Crippen MR) is 104 cm³/mol. The lowest BCUT2D eigenvalue weighted by Gasteiger charge is -2.13. The zero-order valence-corrected chi connectivity index (χ0v) is 16.7. The van der Waals surface area contributed by atoms with Crippen molar-refractivity contribution in [2.75, 3.05) is 7.11 Å². The van der Waals surface area contributed by atoms with Crippen molar-refractivity contribution >= 4 is 23.7 Å². The highest BCUT2D eigenvalue weighted by Gasteiger charge is 2.34. The van der Waals surface area contributed by atoms with Crippen molar-refractivity contribution < 1.29 is 22.7 Å². The molecule has 0 radical (unpaired) electrons. The minimum absolute atomic E-state index is 0.0531. The molecule has 0 aliphatic heterocycles. The molecule has 1 aromatic heterocycles. The second-order valence-electron chi connectivity index (χ2n) is 6.01. The van der Waals surface area contributed by atoms with Crippen LogP contribution < -0.4 is 10.5 Å². The summed E-state index contributed by atoms with van der Waals surface area (Å²) in [5.41, 5.74) is 5.08. The quantitative estimate of drug-likeness (QED) is 0.420. The largest absolute Gasteiger partial charge is 0.496 e. The Morgan fingerprint density at radius 2 is 2.03 bits per heavy atom. The number of ether oxygens (including phenoxy) is 1. The number of pyridine rings is 1. The zero-order chi connectivity index (χ0) is 22.5. The van der Waals surface area contributed by atoms with Crippen LogP contribution in [0.25, 0.3) is 6.08 Å². The van der Waals surface area contributed by atoms with Gasteiger partial charge in [0, 0.05) is 11.3 Å². The lowest BCUT2D eigenvalue weighted by atomic mass is 10.1. The zero-order valence-electron chi connectivity index (χ0n) is 15.9. The molecule has 0 atom stereocenters. The van der Waals surface area contributed by atoms with Crippen LogP contribution in [-0.4, -0.2) is 18.0 Å². The summed E-state index contributed by atoms with van der Waals surface area (Å²) < 4.78 is 44.6. The van der Waals surface area contributed by atoms with Crippen molar-refractivity contribution in [1.29, 1.82) is 10.5 Å². The summed E-state index contributed by atoms with van der Waals surface area (Å²) in [7, 11) is 1.43. The van der Waals surface area contributed by atoms with E-state index in [1.54, 1.807) is 24.3 Å². The van der Waals surface area contributed by atoms with Gasteiger partial charge in [-0.1, -0.05) is 6.07 Å². The van der Waals surface area contributed by atoms with Gasteiger partial charge in [0.05, 0.1) is 12.7 Å². The molecule has 0 bridgehead atoms. The molecule has 0 unspecified atom stereocenters. The number of benzene rings is 1. The summed E-state index contributed by atoms with van der Waals surface area (Å²) in [5, 5.41) is 18.2. The maximum absolute atomic E-state index is 13.1. The second-order valence-corrected chi connectivity index (χ2v) is 6.97. The molecular weight excluding hydrogens is 417 g/mol. The molecule has 1 amide bonds. The number of carbonyl (C=O) groups excluding carboxylic acids is 1. The topological polar surface area (TPSA) is 113 Å². The molecule has 1 heterocycles. The SMILES string of the molecule is COc1ccc(C=C(C#N)C(N)=O)cc1CSc1nc(C(F)(F)F)cc(C)c1C#N. The van der Waals surface area contributed by atoms with Gasteiger partial charge >= 0.3 is 6.18 Å². The maximum atomic E-state index is 13.1. The lowest BCUT2D eigenvalue weighted by molar-refractivity contribution is -0.141. The van der Waals surface area contributed by atoms with E-state index in [9.17, 15) is 23.2 Å². The molecule has 6 nitrogen and oxygen atoms in total. The number of nitrogens with zero attached hydrogens (tertiary/aromatic N) is 3. The molecule has 0 fully saturated rings. The van der Waals surface area contributed by atoms with E-state index >= 15 is 0 Å². The number of primary amides is 1. The van der Waals surface area contributed by atoms with Gasteiger partial charge in [0.25, 0.3) is 5.91 Å². The summed E-state index contributed by atoms with van der Waals surface area (Å²) in [6.07, 6.45) is -3.35. The molecular formula is C20H15F3N4O2S. The fourth-order valence-electron chi connectivity index (χ4n) is 2.50. The number of aromatic nitrogens is 1. The normalized spacial score (nSPS) is 11.5. The minimum atomic E-state index is -4.64. The van der Waals surface area contributed by atoms with Crippen LogP contribution in [0.15, 0.2) is 34.9 Å². The van der Waals surface area contributed by atoms with Crippen LogP contribution in [0, 0.1) is 29.6 Å².